The molecule has 94 valence electrons. The highest BCUT2D eigenvalue weighted by Gasteiger charge is 2.28. The van der Waals surface area contributed by atoms with E-state index in [1.165, 1.54) is 0 Å². The van der Waals surface area contributed by atoms with Gasteiger partial charge in [-0.05, 0) is 36.5 Å². The van der Waals surface area contributed by atoms with Crippen molar-refractivity contribution in [2.75, 3.05) is 13.1 Å². The van der Waals surface area contributed by atoms with Gasteiger partial charge in [0.1, 0.15) is 0 Å². The first-order chi connectivity index (χ1) is 8.52. The quantitative estimate of drug-likeness (QED) is 0.760. The number of carbonyl (C=O) groups is 1. The molecule has 0 aromatic heterocycles. The van der Waals surface area contributed by atoms with E-state index in [0.717, 1.165) is 25.9 Å². The summed E-state index contributed by atoms with van der Waals surface area (Å²) in [7, 11) is 0. The predicted molar refractivity (Wildman–Crippen MR) is 70.1 cm³/mol. The molecule has 1 amide bonds. The Kier molecular flexibility index (Phi) is 3.38. The van der Waals surface area contributed by atoms with Crippen LogP contribution in [0.25, 0.3) is 0 Å². The van der Waals surface area contributed by atoms with Gasteiger partial charge in [0.2, 0.25) is 0 Å². The number of nitriles is 1. The minimum absolute atomic E-state index is 0.0441. The van der Waals surface area contributed by atoms with Crippen LogP contribution in [-0.2, 0) is 0 Å². The molecule has 0 spiro atoms. The van der Waals surface area contributed by atoms with Gasteiger partial charge in [0.25, 0.3) is 5.91 Å². The van der Waals surface area contributed by atoms with Gasteiger partial charge >= 0.3 is 0 Å². The molecule has 1 aromatic rings. The fourth-order valence-corrected chi connectivity index (χ4v) is 2.22. The molecule has 1 aliphatic rings. The number of likely N-dealkylation sites (tertiary alicyclic amines) is 1. The summed E-state index contributed by atoms with van der Waals surface area (Å²) in [6, 6.07) is 9.00. The van der Waals surface area contributed by atoms with Gasteiger partial charge in [-0.15, -0.1) is 0 Å². The zero-order valence-corrected chi connectivity index (χ0v) is 10.9. The number of nitrogens with zero attached hydrogens (tertiary/aromatic N) is 2. The molecule has 0 N–H and O–H groups in total. The lowest BCUT2D eigenvalue weighted by Gasteiger charge is -2.36. The summed E-state index contributed by atoms with van der Waals surface area (Å²) in [6.45, 7) is 6.10. The van der Waals surface area contributed by atoms with E-state index in [2.05, 4.69) is 19.9 Å². The molecule has 0 unspecified atom stereocenters. The number of hydrogen-bond acceptors (Lipinski definition) is 2. The Bertz CT molecular complexity index is 489. The van der Waals surface area contributed by atoms with E-state index >= 15 is 0 Å². The molecule has 0 saturated carbocycles. The van der Waals surface area contributed by atoms with E-state index in [9.17, 15) is 4.79 Å². The summed E-state index contributed by atoms with van der Waals surface area (Å²) in [5.74, 6) is 0.0441. The first kappa shape index (κ1) is 12.6. The fraction of sp³-hybridized carbons (Fsp3) is 0.467. The average Bonchev–Trinajstić information content (AvgIpc) is 2.38. The average molecular weight is 242 g/mol. The van der Waals surface area contributed by atoms with E-state index in [0.29, 0.717) is 16.5 Å². The Balaban J connectivity index is 2.10. The van der Waals surface area contributed by atoms with E-state index in [-0.39, 0.29) is 5.91 Å². The number of carbonyl (C=O) groups excluding carboxylic acids is 1. The van der Waals surface area contributed by atoms with Crippen molar-refractivity contribution in [3.8, 4) is 6.07 Å². The van der Waals surface area contributed by atoms with E-state index in [4.69, 9.17) is 5.26 Å². The zero-order chi connectivity index (χ0) is 13.2. The minimum atomic E-state index is 0.0441. The van der Waals surface area contributed by atoms with E-state index in [1.54, 1.807) is 24.3 Å². The Hall–Kier alpha value is -1.82. The lowest BCUT2D eigenvalue weighted by molar-refractivity contribution is 0.0630. The van der Waals surface area contributed by atoms with Crippen LogP contribution in [-0.4, -0.2) is 23.9 Å². The maximum absolute atomic E-state index is 12.3. The van der Waals surface area contributed by atoms with Gasteiger partial charge in [0.05, 0.1) is 11.6 Å². The van der Waals surface area contributed by atoms with Crippen molar-refractivity contribution in [1.82, 2.24) is 4.90 Å². The number of amides is 1. The maximum atomic E-state index is 12.3. The molecule has 0 aliphatic carbocycles. The number of benzene rings is 1. The minimum Gasteiger partial charge on any atom is -0.339 e. The summed E-state index contributed by atoms with van der Waals surface area (Å²) in [4.78, 5) is 14.2. The van der Waals surface area contributed by atoms with Gasteiger partial charge in [-0.3, -0.25) is 4.79 Å². The molecule has 0 atom stereocenters. The molecule has 3 heteroatoms. The zero-order valence-electron chi connectivity index (χ0n) is 10.9. The van der Waals surface area contributed by atoms with Crippen molar-refractivity contribution in [1.29, 1.82) is 5.26 Å². The molecule has 1 aromatic carbocycles. The smallest absolute Gasteiger partial charge is 0.253 e. The largest absolute Gasteiger partial charge is 0.339 e. The molecular weight excluding hydrogens is 224 g/mol. The third-order valence-electron chi connectivity index (χ3n) is 3.64. The van der Waals surface area contributed by atoms with Crippen molar-refractivity contribution in [2.45, 2.75) is 26.7 Å². The van der Waals surface area contributed by atoms with Crippen LogP contribution in [0.15, 0.2) is 24.3 Å². The summed E-state index contributed by atoms with van der Waals surface area (Å²) >= 11 is 0. The SMILES string of the molecule is CC1(C)CCN(C(=O)c2cccc(C#N)c2)CC1. The van der Waals surface area contributed by atoms with Crippen LogP contribution in [0, 0.1) is 16.7 Å². The third kappa shape index (κ3) is 2.70. The van der Waals surface area contributed by atoms with E-state index < -0.39 is 0 Å². The van der Waals surface area contributed by atoms with Crippen LogP contribution in [0.1, 0.15) is 42.6 Å². The van der Waals surface area contributed by atoms with Crippen molar-refractivity contribution in [3.05, 3.63) is 35.4 Å². The lowest BCUT2D eigenvalue weighted by atomic mass is 9.82. The highest BCUT2D eigenvalue weighted by molar-refractivity contribution is 5.94. The van der Waals surface area contributed by atoms with Gasteiger partial charge in [0.15, 0.2) is 0 Å². The summed E-state index contributed by atoms with van der Waals surface area (Å²) in [6.07, 6.45) is 2.08. The second kappa shape index (κ2) is 4.81. The van der Waals surface area contributed by atoms with Crippen LogP contribution >= 0.6 is 0 Å². The highest BCUT2D eigenvalue weighted by atomic mass is 16.2. The monoisotopic (exact) mass is 242 g/mol. The second-order valence-corrected chi connectivity index (χ2v) is 5.65. The Morgan fingerprint density at radius 3 is 2.61 bits per heavy atom. The molecule has 1 aliphatic heterocycles. The van der Waals surface area contributed by atoms with Gasteiger partial charge < -0.3 is 4.90 Å². The van der Waals surface area contributed by atoms with Gasteiger partial charge in [-0.2, -0.15) is 5.26 Å². The molecule has 2 rings (SSSR count). The van der Waals surface area contributed by atoms with Crippen molar-refractivity contribution < 1.29 is 4.79 Å². The molecular formula is C15H18N2O. The van der Waals surface area contributed by atoms with Crippen LogP contribution in [0.2, 0.25) is 0 Å². The molecule has 18 heavy (non-hydrogen) atoms. The first-order valence-corrected chi connectivity index (χ1v) is 6.31. The van der Waals surface area contributed by atoms with Crippen LogP contribution in [0.4, 0.5) is 0 Å². The normalized spacial score (nSPS) is 18.2. The third-order valence-corrected chi connectivity index (χ3v) is 3.64. The Labute approximate surface area is 108 Å². The van der Waals surface area contributed by atoms with Crippen molar-refractivity contribution in [3.63, 3.8) is 0 Å². The topological polar surface area (TPSA) is 44.1 Å². The second-order valence-electron chi connectivity index (χ2n) is 5.65. The molecule has 0 radical (unpaired) electrons. The van der Waals surface area contributed by atoms with Crippen LogP contribution in [0.5, 0.6) is 0 Å². The standard InChI is InChI=1S/C15H18N2O/c1-15(2)6-8-17(9-7-15)14(18)13-5-3-4-12(10-13)11-16/h3-5,10H,6-9H2,1-2H3. The summed E-state index contributed by atoms with van der Waals surface area (Å²) in [5.41, 5.74) is 1.50. The Morgan fingerprint density at radius 1 is 1.33 bits per heavy atom. The molecule has 1 saturated heterocycles. The number of piperidine rings is 1. The number of rotatable bonds is 1. The molecule has 0 bridgehead atoms. The fourth-order valence-electron chi connectivity index (χ4n) is 2.22. The van der Waals surface area contributed by atoms with Gasteiger partial charge in [-0.1, -0.05) is 19.9 Å². The number of hydrogen-bond donors (Lipinski definition) is 0. The predicted octanol–water partition coefficient (Wildman–Crippen LogP) is 2.82. The Morgan fingerprint density at radius 2 is 2.00 bits per heavy atom. The van der Waals surface area contributed by atoms with Crippen LogP contribution < -0.4 is 0 Å². The highest BCUT2D eigenvalue weighted by Crippen LogP contribution is 2.30. The summed E-state index contributed by atoms with van der Waals surface area (Å²) in [5, 5.41) is 8.85. The van der Waals surface area contributed by atoms with Crippen LogP contribution in [0.3, 0.4) is 0 Å². The van der Waals surface area contributed by atoms with Gasteiger partial charge in [0, 0.05) is 18.7 Å². The van der Waals surface area contributed by atoms with Gasteiger partial charge in [-0.25, -0.2) is 0 Å². The summed E-state index contributed by atoms with van der Waals surface area (Å²) < 4.78 is 0. The molecule has 1 fully saturated rings. The molecule has 3 nitrogen and oxygen atoms in total. The van der Waals surface area contributed by atoms with Crippen molar-refractivity contribution >= 4 is 5.91 Å². The first-order valence-electron chi connectivity index (χ1n) is 6.31. The van der Waals surface area contributed by atoms with E-state index in [1.807, 2.05) is 4.90 Å². The maximum Gasteiger partial charge on any atom is 0.253 e. The van der Waals surface area contributed by atoms with Crippen molar-refractivity contribution in [2.24, 2.45) is 5.41 Å². The lowest BCUT2D eigenvalue weighted by Crippen LogP contribution is -2.41. The molecule has 1 heterocycles.